The van der Waals surface area contributed by atoms with Gasteiger partial charge in [-0.2, -0.15) is 4.31 Å². The fraction of sp³-hybridized carbons (Fsp3) is 0.222. The maximum atomic E-state index is 12.5. The molecule has 154 valence electrons. The molecule has 0 saturated heterocycles. The van der Waals surface area contributed by atoms with E-state index in [9.17, 15) is 28.1 Å². The van der Waals surface area contributed by atoms with E-state index < -0.39 is 33.3 Å². The molecule has 2 aromatic rings. The van der Waals surface area contributed by atoms with Crippen LogP contribution in [0.1, 0.15) is 21.5 Å². The molecular formula is C18H20N4O6S. The third-order valence-corrected chi connectivity index (χ3v) is 5.98. The summed E-state index contributed by atoms with van der Waals surface area (Å²) in [6.45, 7) is 2.69. The number of carbonyl (C=O) groups excluding carboxylic acids is 2. The molecule has 0 radical (unpaired) electrons. The lowest BCUT2D eigenvalue weighted by Crippen LogP contribution is -2.46. The second-order valence-electron chi connectivity index (χ2n) is 6.28. The Bertz CT molecular complexity index is 1050. The van der Waals surface area contributed by atoms with Crippen LogP contribution in [-0.2, 0) is 14.8 Å². The Balaban J connectivity index is 2.01. The maximum Gasteiger partial charge on any atom is 0.273 e. The molecule has 0 bridgehead atoms. The van der Waals surface area contributed by atoms with Crippen LogP contribution in [0.4, 0.5) is 5.69 Å². The van der Waals surface area contributed by atoms with Crippen molar-refractivity contribution >= 4 is 27.5 Å². The fourth-order valence-electron chi connectivity index (χ4n) is 2.48. The van der Waals surface area contributed by atoms with Crippen LogP contribution in [0, 0.1) is 24.0 Å². The van der Waals surface area contributed by atoms with Crippen molar-refractivity contribution in [2.45, 2.75) is 18.7 Å². The highest BCUT2D eigenvalue weighted by atomic mass is 32.2. The number of nitrogens with one attached hydrogen (secondary N) is 2. The number of aryl methyl sites for hydroxylation is 1. The molecule has 2 aromatic carbocycles. The Morgan fingerprint density at radius 2 is 1.69 bits per heavy atom. The predicted octanol–water partition coefficient (Wildman–Crippen LogP) is 1.29. The van der Waals surface area contributed by atoms with Gasteiger partial charge in [-0.3, -0.25) is 30.6 Å². The normalized spacial score (nSPS) is 11.2. The molecule has 29 heavy (non-hydrogen) atoms. The van der Waals surface area contributed by atoms with E-state index >= 15 is 0 Å². The molecule has 0 spiro atoms. The van der Waals surface area contributed by atoms with E-state index in [4.69, 9.17) is 0 Å². The van der Waals surface area contributed by atoms with Gasteiger partial charge in [0, 0.05) is 18.7 Å². The summed E-state index contributed by atoms with van der Waals surface area (Å²) in [5, 5.41) is 11.0. The minimum atomic E-state index is -3.88. The molecule has 10 nitrogen and oxygen atoms in total. The van der Waals surface area contributed by atoms with Gasteiger partial charge < -0.3 is 0 Å². The van der Waals surface area contributed by atoms with Gasteiger partial charge >= 0.3 is 0 Å². The minimum Gasteiger partial charge on any atom is -0.272 e. The number of sulfonamides is 1. The summed E-state index contributed by atoms with van der Waals surface area (Å²) in [5.74, 6) is -1.54. The Kier molecular flexibility index (Phi) is 6.67. The van der Waals surface area contributed by atoms with Crippen molar-refractivity contribution in [1.82, 2.24) is 15.2 Å². The second-order valence-corrected chi connectivity index (χ2v) is 8.33. The van der Waals surface area contributed by atoms with Crippen LogP contribution in [0.25, 0.3) is 0 Å². The van der Waals surface area contributed by atoms with Gasteiger partial charge in [0.2, 0.25) is 10.0 Å². The highest BCUT2D eigenvalue weighted by Crippen LogP contribution is 2.20. The molecule has 0 aromatic heterocycles. The van der Waals surface area contributed by atoms with Crippen molar-refractivity contribution in [3.63, 3.8) is 0 Å². The van der Waals surface area contributed by atoms with Gasteiger partial charge in [-0.25, -0.2) is 8.42 Å². The molecule has 0 atom stereocenters. The second kappa shape index (κ2) is 8.80. The summed E-state index contributed by atoms with van der Waals surface area (Å²) < 4.78 is 25.8. The minimum absolute atomic E-state index is 0.0140. The molecule has 0 fully saturated rings. The Morgan fingerprint density at radius 3 is 2.28 bits per heavy atom. The molecule has 0 heterocycles. The quantitative estimate of drug-likeness (QED) is 0.533. The predicted molar refractivity (Wildman–Crippen MR) is 104 cm³/mol. The average Bonchev–Trinajstić information content (AvgIpc) is 2.66. The van der Waals surface area contributed by atoms with Gasteiger partial charge in [0.25, 0.3) is 17.5 Å². The van der Waals surface area contributed by atoms with E-state index in [-0.39, 0.29) is 21.7 Å². The van der Waals surface area contributed by atoms with E-state index in [1.807, 2.05) is 6.92 Å². The number of hydrogen-bond donors (Lipinski definition) is 2. The standard InChI is InChI=1S/C18H20N4O6S/c1-12-7-9-14(10-8-12)29(27,28)21(3)11-17(23)19-20-18(24)15-5-4-6-16(13(15)2)22(25)26/h4-10H,11H2,1-3H3,(H,19,23)(H,20,24). The zero-order chi connectivity index (χ0) is 21.8. The molecule has 2 amide bonds. The molecule has 2 rings (SSSR count). The first-order chi connectivity index (χ1) is 13.5. The molecule has 0 unspecified atom stereocenters. The Morgan fingerprint density at radius 1 is 1.07 bits per heavy atom. The topological polar surface area (TPSA) is 139 Å². The molecule has 11 heteroatoms. The first-order valence-electron chi connectivity index (χ1n) is 8.40. The SMILES string of the molecule is Cc1ccc(S(=O)(=O)N(C)CC(=O)NNC(=O)c2cccc([N+](=O)[O-])c2C)cc1. The Hall–Kier alpha value is -3.31. The van der Waals surface area contributed by atoms with E-state index in [1.165, 1.54) is 44.3 Å². The zero-order valence-electron chi connectivity index (χ0n) is 16.0. The number of nitro groups is 1. The average molecular weight is 420 g/mol. The number of nitrogens with zero attached hydrogens (tertiary/aromatic N) is 2. The van der Waals surface area contributed by atoms with Gasteiger partial charge in [0.05, 0.1) is 21.9 Å². The number of amides is 2. The van der Waals surface area contributed by atoms with Crippen molar-refractivity contribution in [3.8, 4) is 0 Å². The van der Waals surface area contributed by atoms with Crippen molar-refractivity contribution in [3.05, 3.63) is 69.3 Å². The lowest BCUT2D eigenvalue weighted by molar-refractivity contribution is -0.385. The monoisotopic (exact) mass is 420 g/mol. The third kappa shape index (κ3) is 5.15. The first kappa shape index (κ1) is 22.0. The van der Waals surface area contributed by atoms with Crippen molar-refractivity contribution in [2.75, 3.05) is 13.6 Å². The summed E-state index contributed by atoms with van der Waals surface area (Å²) in [6.07, 6.45) is 0. The van der Waals surface area contributed by atoms with Crippen LogP contribution in [-0.4, -0.2) is 43.1 Å². The number of hydrogen-bond acceptors (Lipinski definition) is 6. The van der Waals surface area contributed by atoms with Gasteiger partial charge in [0.15, 0.2) is 0 Å². The number of hydrazine groups is 1. The van der Waals surface area contributed by atoms with Gasteiger partial charge in [-0.05, 0) is 32.0 Å². The summed E-state index contributed by atoms with van der Waals surface area (Å²) in [7, 11) is -2.64. The zero-order valence-corrected chi connectivity index (χ0v) is 16.8. The lowest BCUT2D eigenvalue weighted by atomic mass is 10.1. The molecule has 0 aliphatic carbocycles. The van der Waals surface area contributed by atoms with E-state index in [0.29, 0.717) is 0 Å². The van der Waals surface area contributed by atoms with Crippen LogP contribution >= 0.6 is 0 Å². The van der Waals surface area contributed by atoms with Gasteiger partial charge in [-0.1, -0.05) is 23.8 Å². The molecule has 0 saturated carbocycles. The van der Waals surface area contributed by atoms with Crippen LogP contribution in [0.15, 0.2) is 47.4 Å². The summed E-state index contributed by atoms with van der Waals surface area (Å²) in [6, 6.07) is 10.1. The third-order valence-electron chi connectivity index (χ3n) is 4.16. The van der Waals surface area contributed by atoms with Gasteiger partial charge in [0.1, 0.15) is 0 Å². The van der Waals surface area contributed by atoms with E-state index in [1.54, 1.807) is 12.1 Å². The number of rotatable bonds is 6. The summed E-state index contributed by atoms with van der Waals surface area (Å²) in [4.78, 5) is 34.6. The Labute approximate surface area is 167 Å². The largest absolute Gasteiger partial charge is 0.273 e. The highest BCUT2D eigenvalue weighted by molar-refractivity contribution is 7.89. The molecular weight excluding hydrogens is 400 g/mol. The van der Waals surface area contributed by atoms with E-state index in [0.717, 1.165) is 9.87 Å². The van der Waals surface area contributed by atoms with Crippen LogP contribution < -0.4 is 10.9 Å². The number of nitro benzene ring substituents is 1. The first-order valence-corrected chi connectivity index (χ1v) is 9.84. The van der Waals surface area contributed by atoms with Gasteiger partial charge in [-0.15, -0.1) is 0 Å². The smallest absolute Gasteiger partial charge is 0.272 e. The molecule has 0 aliphatic heterocycles. The maximum absolute atomic E-state index is 12.5. The van der Waals surface area contributed by atoms with Crippen molar-refractivity contribution in [1.29, 1.82) is 0 Å². The summed E-state index contributed by atoms with van der Waals surface area (Å²) in [5.41, 5.74) is 5.05. The number of benzene rings is 2. The molecule has 0 aliphatic rings. The van der Waals surface area contributed by atoms with E-state index in [2.05, 4.69) is 10.9 Å². The van der Waals surface area contributed by atoms with Crippen LogP contribution in [0.2, 0.25) is 0 Å². The molecule has 2 N–H and O–H groups in total. The number of carbonyl (C=O) groups is 2. The fourth-order valence-corrected chi connectivity index (χ4v) is 3.61. The number of likely N-dealkylation sites (N-methyl/N-ethyl adjacent to an activating group) is 1. The van der Waals surface area contributed by atoms with Crippen LogP contribution in [0.3, 0.4) is 0 Å². The summed E-state index contributed by atoms with van der Waals surface area (Å²) >= 11 is 0. The lowest BCUT2D eigenvalue weighted by Gasteiger charge is -2.17. The van der Waals surface area contributed by atoms with Crippen molar-refractivity contribution in [2.24, 2.45) is 0 Å². The highest BCUT2D eigenvalue weighted by Gasteiger charge is 2.23. The van der Waals surface area contributed by atoms with Crippen molar-refractivity contribution < 1.29 is 22.9 Å². The van der Waals surface area contributed by atoms with Crippen LogP contribution in [0.5, 0.6) is 0 Å².